The summed E-state index contributed by atoms with van der Waals surface area (Å²) < 4.78 is 6.76. The summed E-state index contributed by atoms with van der Waals surface area (Å²) >= 11 is 5.08. The van der Waals surface area contributed by atoms with Crippen LogP contribution in [0.2, 0.25) is 0 Å². The second kappa shape index (κ2) is 5.85. The van der Waals surface area contributed by atoms with Crippen LogP contribution in [0.5, 0.6) is 5.75 Å². The van der Waals surface area contributed by atoms with Gasteiger partial charge in [0, 0.05) is 4.88 Å². The van der Waals surface area contributed by atoms with E-state index in [1.54, 1.807) is 11.3 Å². The molecule has 0 aliphatic rings. The molecule has 0 bridgehead atoms. The molecular weight excluding hydrogens is 298 g/mol. The van der Waals surface area contributed by atoms with Crippen LogP contribution in [0.15, 0.2) is 40.2 Å². The van der Waals surface area contributed by atoms with Crippen molar-refractivity contribution in [2.75, 3.05) is 0 Å². The fraction of sp³-hybridized carbons (Fsp3) is 0.154. The van der Waals surface area contributed by atoms with Gasteiger partial charge in [-0.1, -0.05) is 12.1 Å². The van der Waals surface area contributed by atoms with Gasteiger partial charge in [-0.25, -0.2) is 0 Å². The third-order valence-electron chi connectivity index (χ3n) is 2.22. The summed E-state index contributed by atoms with van der Waals surface area (Å²) in [5.74, 6) is 0.830. The molecule has 17 heavy (non-hydrogen) atoms. The van der Waals surface area contributed by atoms with Crippen LogP contribution >= 0.6 is 27.3 Å². The standard InChI is InChI=1S/C13H10BrNOS/c14-13-6-5-12(17-13)9-16-11-3-1-10(2-4-11)7-8-15/h1-6H,7,9H2. The number of rotatable bonds is 4. The fourth-order valence-electron chi connectivity index (χ4n) is 1.38. The minimum absolute atomic E-state index is 0.443. The highest BCUT2D eigenvalue weighted by Gasteiger charge is 1.99. The topological polar surface area (TPSA) is 33.0 Å². The quantitative estimate of drug-likeness (QED) is 0.850. The van der Waals surface area contributed by atoms with Crippen molar-refractivity contribution in [3.8, 4) is 11.8 Å². The Labute approximate surface area is 113 Å². The van der Waals surface area contributed by atoms with Gasteiger partial charge in [0.05, 0.1) is 16.3 Å². The van der Waals surface area contributed by atoms with Gasteiger partial charge in [-0.05, 0) is 45.8 Å². The van der Waals surface area contributed by atoms with Crippen LogP contribution in [0, 0.1) is 11.3 Å². The first-order chi connectivity index (χ1) is 8.28. The Bertz CT molecular complexity index is 527. The normalized spacial score (nSPS) is 9.88. The summed E-state index contributed by atoms with van der Waals surface area (Å²) in [6.45, 7) is 0.577. The summed E-state index contributed by atoms with van der Waals surface area (Å²) in [6.07, 6.45) is 0.443. The van der Waals surface area contributed by atoms with Crippen LogP contribution in [-0.2, 0) is 13.0 Å². The van der Waals surface area contributed by atoms with Gasteiger partial charge >= 0.3 is 0 Å². The lowest BCUT2D eigenvalue weighted by atomic mass is 10.2. The predicted octanol–water partition coefficient (Wildman–Crippen LogP) is 4.16. The summed E-state index contributed by atoms with van der Waals surface area (Å²) in [6, 6.07) is 13.8. The molecule has 0 amide bonds. The van der Waals surface area contributed by atoms with Gasteiger partial charge < -0.3 is 4.74 Å². The number of benzene rings is 1. The first-order valence-corrected chi connectivity index (χ1v) is 6.72. The molecule has 0 spiro atoms. The summed E-state index contributed by atoms with van der Waals surface area (Å²) in [7, 11) is 0. The maximum Gasteiger partial charge on any atom is 0.122 e. The smallest absolute Gasteiger partial charge is 0.122 e. The molecular formula is C13H10BrNOS. The van der Waals surface area contributed by atoms with Crippen molar-refractivity contribution in [2.24, 2.45) is 0 Å². The van der Waals surface area contributed by atoms with Gasteiger partial charge in [0.25, 0.3) is 0 Å². The highest BCUT2D eigenvalue weighted by atomic mass is 79.9. The van der Waals surface area contributed by atoms with E-state index in [1.165, 1.54) is 4.88 Å². The zero-order valence-corrected chi connectivity index (χ0v) is 11.4. The molecule has 2 aromatic rings. The third-order valence-corrected chi connectivity index (χ3v) is 3.81. The molecule has 1 aromatic carbocycles. The van der Waals surface area contributed by atoms with Gasteiger partial charge in [-0.2, -0.15) is 5.26 Å². The second-order valence-corrected chi connectivity index (χ2v) is 6.02. The number of hydrogen-bond donors (Lipinski definition) is 0. The van der Waals surface area contributed by atoms with Gasteiger partial charge in [-0.3, -0.25) is 0 Å². The number of halogens is 1. The van der Waals surface area contributed by atoms with Crippen LogP contribution in [0.1, 0.15) is 10.4 Å². The molecule has 0 aliphatic heterocycles. The SMILES string of the molecule is N#CCc1ccc(OCc2ccc(Br)s2)cc1. The molecule has 86 valence electrons. The van der Waals surface area contributed by atoms with Crippen LogP contribution in [0.4, 0.5) is 0 Å². The van der Waals surface area contributed by atoms with Crippen molar-refractivity contribution >= 4 is 27.3 Å². The van der Waals surface area contributed by atoms with Crippen molar-refractivity contribution in [3.63, 3.8) is 0 Å². The lowest BCUT2D eigenvalue weighted by molar-refractivity contribution is 0.310. The number of nitrogens with zero attached hydrogens (tertiary/aromatic N) is 1. The van der Waals surface area contributed by atoms with E-state index in [4.69, 9.17) is 10.00 Å². The molecule has 0 aliphatic carbocycles. The largest absolute Gasteiger partial charge is 0.488 e. The molecule has 0 saturated heterocycles. The predicted molar refractivity (Wildman–Crippen MR) is 72.1 cm³/mol. The van der Waals surface area contributed by atoms with Crippen LogP contribution < -0.4 is 4.74 Å². The van der Waals surface area contributed by atoms with Crippen molar-refractivity contribution in [1.29, 1.82) is 5.26 Å². The molecule has 1 heterocycles. The molecule has 1 aromatic heterocycles. The molecule has 0 radical (unpaired) electrons. The van der Waals surface area contributed by atoms with Crippen molar-refractivity contribution in [3.05, 3.63) is 50.6 Å². The zero-order chi connectivity index (χ0) is 12.1. The Kier molecular flexibility index (Phi) is 4.18. The van der Waals surface area contributed by atoms with Gasteiger partial charge in [0.1, 0.15) is 12.4 Å². The first kappa shape index (κ1) is 12.2. The van der Waals surface area contributed by atoms with E-state index in [0.29, 0.717) is 13.0 Å². The van der Waals surface area contributed by atoms with E-state index in [1.807, 2.05) is 36.4 Å². The van der Waals surface area contributed by atoms with E-state index in [2.05, 4.69) is 22.0 Å². The lowest BCUT2D eigenvalue weighted by Gasteiger charge is -2.04. The molecule has 0 N–H and O–H groups in total. The molecule has 2 nitrogen and oxygen atoms in total. The van der Waals surface area contributed by atoms with Crippen molar-refractivity contribution in [2.45, 2.75) is 13.0 Å². The Morgan fingerprint density at radius 1 is 1.18 bits per heavy atom. The molecule has 0 unspecified atom stereocenters. The Hall–Kier alpha value is -1.31. The average molecular weight is 308 g/mol. The van der Waals surface area contributed by atoms with Gasteiger partial charge in [0.2, 0.25) is 0 Å². The highest BCUT2D eigenvalue weighted by molar-refractivity contribution is 9.11. The number of thiophene rings is 1. The maximum absolute atomic E-state index is 8.56. The summed E-state index contributed by atoms with van der Waals surface area (Å²) in [5, 5.41) is 8.56. The lowest BCUT2D eigenvalue weighted by Crippen LogP contribution is -1.92. The molecule has 2 rings (SSSR count). The Morgan fingerprint density at radius 3 is 2.53 bits per heavy atom. The van der Waals surface area contributed by atoms with Crippen LogP contribution in [0.3, 0.4) is 0 Å². The summed E-state index contributed by atoms with van der Waals surface area (Å²) in [4.78, 5) is 1.18. The Balaban J connectivity index is 1.93. The fourth-order valence-corrected chi connectivity index (χ4v) is 2.77. The van der Waals surface area contributed by atoms with E-state index in [0.717, 1.165) is 15.1 Å². The average Bonchev–Trinajstić information content (AvgIpc) is 2.75. The minimum atomic E-state index is 0.443. The van der Waals surface area contributed by atoms with E-state index in [-0.39, 0.29) is 0 Å². The van der Waals surface area contributed by atoms with E-state index >= 15 is 0 Å². The Morgan fingerprint density at radius 2 is 1.94 bits per heavy atom. The van der Waals surface area contributed by atoms with E-state index < -0.39 is 0 Å². The van der Waals surface area contributed by atoms with Crippen LogP contribution in [0.25, 0.3) is 0 Å². The third kappa shape index (κ3) is 3.58. The maximum atomic E-state index is 8.56. The van der Waals surface area contributed by atoms with Crippen LogP contribution in [-0.4, -0.2) is 0 Å². The molecule has 0 atom stereocenters. The van der Waals surface area contributed by atoms with Crippen molar-refractivity contribution < 1.29 is 4.74 Å². The molecule has 0 fully saturated rings. The number of hydrogen-bond acceptors (Lipinski definition) is 3. The van der Waals surface area contributed by atoms with Gasteiger partial charge in [-0.15, -0.1) is 11.3 Å². The number of ether oxygens (including phenoxy) is 1. The van der Waals surface area contributed by atoms with Crippen molar-refractivity contribution in [1.82, 2.24) is 0 Å². The second-order valence-electron chi connectivity index (χ2n) is 3.47. The monoisotopic (exact) mass is 307 g/mol. The molecule has 4 heteroatoms. The van der Waals surface area contributed by atoms with E-state index in [9.17, 15) is 0 Å². The summed E-state index contributed by atoms with van der Waals surface area (Å²) in [5.41, 5.74) is 1.01. The molecule has 0 saturated carbocycles. The number of nitriles is 1. The first-order valence-electron chi connectivity index (χ1n) is 5.11. The zero-order valence-electron chi connectivity index (χ0n) is 9.02. The minimum Gasteiger partial charge on any atom is -0.488 e. The van der Waals surface area contributed by atoms with Gasteiger partial charge in [0.15, 0.2) is 0 Å². The highest BCUT2D eigenvalue weighted by Crippen LogP contribution is 2.23.